The molecule has 1 aliphatic carbocycles. The SMILES string of the molecule is Cn1c2c(c3ccccc31)C[C@H]1C[C@@H]2[C@@H](Oc2ccccn2)CN1c1ccccn1. The van der Waals surface area contributed by atoms with Crippen molar-refractivity contribution in [1.29, 1.82) is 0 Å². The van der Waals surface area contributed by atoms with E-state index in [-0.39, 0.29) is 6.10 Å². The number of aromatic nitrogens is 3. The maximum absolute atomic E-state index is 6.51. The van der Waals surface area contributed by atoms with Gasteiger partial charge < -0.3 is 14.2 Å². The van der Waals surface area contributed by atoms with Gasteiger partial charge in [0.25, 0.3) is 0 Å². The van der Waals surface area contributed by atoms with Gasteiger partial charge in [0, 0.05) is 54.1 Å². The van der Waals surface area contributed by atoms with E-state index < -0.39 is 0 Å². The van der Waals surface area contributed by atoms with Gasteiger partial charge >= 0.3 is 0 Å². The number of para-hydroxylation sites is 1. The summed E-state index contributed by atoms with van der Waals surface area (Å²) < 4.78 is 8.89. The molecule has 1 fully saturated rings. The number of pyridine rings is 2. The summed E-state index contributed by atoms with van der Waals surface area (Å²) in [6.45, 7) is 0.809. The molecule has 30 heavy (non-hydrogen) atoms. The standard InChI is InChI=1S/C25H24N4O/c1-28-21-9-3-2-8-18(21)19-14-17-15-20(25(19)28)22(30-24-11-5-7-13-27-24)16-29(17)23-10-4-6-12-26-23/h2-13,17,20,22H,14-16H2,1H3/t17-,20+,22-/m0/s1. The minimum atomic E-state index is 0.0141. The Labute approximate surface area is 176 Å². The zero-order chi connectivity index (χ0) is 20.1. The smallest absolute Gasteiger partial charge is 0.213 e. The first-order chi connectivity index (χ1) is 14.8. The number of hydrogen-bond donors (Lipinski definition) is 0. The van der Waals surface area contributed by atoms with Gasteiger partial charge in [0.05, 0.1) is 6.54 Å². The third kappa shape index (κ3) is 2.69. The maximum Gasteiger partial charge on any atom is 0.213 e. The van der Waals surface area contributed by atoms with Crippen LogP contribution in [-0.4, -0.2) is 33.2 Å². The van der Waals surface area contributed by atoms with Gasteiger partial charge in [-0.25, -0.2) is 9.97 Å². The Bertz CT molecular complexity index is 1190. The molecule has 0 radical (unpaired) electrons. The molecule has 0 amide bonds. The molecule has 0 spiro atoms. The summed E-state index contributed by atoms with van der Waals surface area (Å²) in [6, 6.07) is 21.2. The predicted molar refractivity (Wildman–Crippen MR) is 118 cm³/mol. The van der Waals surface area contributed by atoms with Crippen LogP contribution in [0.1, 0.15) is 23.6 Å². The highest BCUT2D eigenvalue weighted by atomic mass is 16.5. The first kappa shape index (κ1) is 17.5. The van der Waals surface area contributed by atoms with E-state index in [4.69, 9.17) is 4.74 Å². The summed E-state index contributed by atoms with van der Waals surface area (Å²) in [5.74, 6) is 2.05. The van der Waals surface area contributed by atoms with E-state index in [1.807, 2.05) is 30.5 Å². The number of anilines is 1. The number of benzene rings is 1. The number of hydrogen-bond acceptors (Lipinski definition) is 4. The van der Waals surface area contributed by atoms with Gasteiger partial charge in [0.15, 0.2) is 0 Å². The van der Waals surface area contributed by atoms with Crippen LogP contribution in [0.25, 0.3) is 10.9 Å². The number of rotatable bonds is 3. The largest absolute Gasteiger partial charge is 0.472 e. The van der Waals surface area contributed by atoms with Crippen LogP contribution >= 0.6 is 0 Å². The van der Waals surface area contributed by atoms with Crippen molar-refractivity contribution in [2.45, 2.75) is 30.9 Å². The van der Waals surface area contributed by atoms with Gasteiger partial charge in [0.2, 0.25) is 5.88 Å². The molecule has 5 nitrogen and oxygen atoms in total. The van der Waals surface area contributed by atoms with E-state index >= 15 is 0 Å². The van der Waals surface area contributed by atoms with E-state index in [0.29, 0.717) is 17.8 Å². The first-order valence-corrected chi connectivity index (χ1v) is 10.6. The van der Waals surface area contributed by atoms with Crippen LogP contribution in [0.4, 0.5) is 5.82 Å². The molecule has 2 aliphatic rings. The molecule has 2 bridgehead atoms. The van der Waals surface area contributed by atoms with Crippen LogP contribution in [0.3, 0.4) is 0 Å². The van der Waals surface area contributed by atoms with Crippen LogP contribution in [0.2, 0.25) is 0 Å². The van der Waals surface area contributed by atoms with E-state index in [9.17, 15) is 0 Å². The molecule has 0 N–H and O–H groups in total. The third-order valence-corrected chi connectivity index (χ3v) is 6.70. The average molecular weight is 396 g/mol. The summed E-state index contributed by atoms with van der Waals surface area (Å²) in [4.78, 5) is 11.5. The lowest BCUT2D eigenvalue weighted by atomic mass is 9.76. The Kier molecular flexibility index (Phi) is 4.01. The van der Waals surface area contributed by atoms with Gasteiger partial charge in [-0.15, -0.1) is 0 Å². The highest BCUT2D eigenvalue weighted by Gasteiger charge is 2.45. The average Bonchev–Trinajstić information content (AvgIpc) is 3.09. The fourth-order valence-electron chi connectivity index (χ4n) is 5.43. The Morgan fingerprint density at radius 2 is 1.73 bits per heavy atom. The van der Waals surface area contributed by atoms with Crippen LogP contribution in [0.15, 0.2) is 73.1 Å². The normalized spacial score (nSPS) is 22.7. The second kappa shape index (κ2) is 6.87. The molecular formula is C25H24N4O. The molecule has 1 saturated heterocycles. The topological polar surface area (TPSA) is 43.2 Å². The zero-order valence-electron chi connectivity index (χ0n) is 17.0. The maximum atomic E-state index is 6.51. The molecule has 1 aromatic carbocycles. The van der Waals surface area contributed by atoms with E-state index in [0.717, 1.165) is 25.2 Å². The van der Waals surface area contributed by atoms with Crippen molar-refractivity contribution >= 4 is 16.7 Å². The highest BCUT2D eigenvalue weighted by Crippen LogP contribution is 2.45. The van der Waals surface area contributed by atoms with Crippen LogP contribution in [-0.2, 0) is 13.5 Å². The zero-order valence-corrected chi connectivity index (χ0v) is 17.0. The van der Waals surface area contributed by atoms with Gasteiger partial charge in [-0.1, -0.05) is 30.3 Å². The minimum Gasteiger partial charge on any atom is -0.472 e. The molecule has 3 atom stereocenters. The van der Waals surface area contributed by atoms with Gasteiger partial charge in [-0.2, -0.15) is 0 Å². The van der Waals surface area contributed by atoms with Crippen molar-refractivity contribution in [2.75, 3.05) is 11.4 Å². The molecule has 150 valence electrons. The Balaban J connectivity index is 1.48. The number of fused-ring (bicyclic) bond motifs is 6. The Morgan fingerprint density at radius 3 is 2.53 bits per heavy atom. The van der Waals surface area contributed by atoms with Gasteiger partial charge in [0.1, 0.15) is 11.9 Å². The van der Waals surface area contributed by atoms with E-state index in [2.05, 4.69) is 62.9 Å². The van der Waals surface area contributed by atoms with Gasteiger partial charge in [-0.3, -0.25) is 0 Å². The van der Waals surface area contributed by atoms with E-state index in [1.54, 1.807) is 6.20 Å². The van der Waals surface area contributed by atoms with Crippen molar-refractivity contribution in [1.82, 2.24) is 14.5 Å². The lowest BCUT2D eigenvalue weighted by molar-refractivity contribution is 0.125. The fraction of sp³-hybridized carbons (Fsp3) is 0.280. The monoisotopic (exact) mass is 396 g/mol. The summed E-state index contributed by atoms with van der Waals surface area (Å²) >= 11 is 0. The number of ether oxygens (including phenoxy) is 1. The van der Waals surface area contributed by atoms with Gasteiger partial charge in [-0.05, 0) is 42.7 Å². The quantitative estimate of drug-likeness (QED) is 0.517. The second-order valence-corrected chi connectivity index (χ2v) is 8.30. The Morgan fingerprint density at radius 1 is 0.933 bits per heavy atom. The molecule has 0 saturated carbocycles. The molecule has 4 aromatic rings. The third-order valence-electron chi connectivity index (χ3n) is 6.70. The second-order valence-electron chi connectivity index (χ2n) is 8.30. The van der Waals surface area contributed by atoms with Crippen LogP contribution < -0.4 is 9.64 Å². The van der Waals surface area contributed by atoms with Crippen LogP contribution in [0.5, 0.6) is 5.88 Å². The molecule has 5 heteroatoms. The minimum absolute atomic E-state index is 0.0141. The summed E-state index contributed by atoms with van der Waals surface area (Å²) in [7, 11) is 2.20. The molecule has 0 unspecified atom stereocenters. The molecular weight excluding hydrogens is 372 g/mol. The lowest BCUT2D eigenvalue weighted by Gasteiger charge is -2.47. The molecule has 6 rings (SSSR count). The van der Waals surface area contributed by atoms with Crippen molar-refractivity contribution in [3.8, 4) is 5.88 Å². The number of aryl methyl sites for hydroxylation is 1. The van der Waals surface area contributed by atoms with Crippen molar-refractivity contribution in [3.63, 3.8) is 0 Å². The van der Waals surface area contributed by atoms with E-state index in [1.165, 1.54) is 22.2 Å². The summed E-state index contributed by atoms with van der Waals surface area (Å²) in [5.41, 5.74) is 4.19. The summed E-state index contributed by atoms with van der Waals surface area (Å²) in [6.07, 6.45) is 5.79. The van der Waals surface area contributed by atoms with Crippen molar-refractivity contribution in [2.24, 2.45) is 7.05 Å². The number of piperidine rings is 1. The molecule has 1 aliphatic heterocycles. The summed E-state index contributed by atoms with van der Waals surface area (Å²) in [5, 5.41) is 1.36. The van der Waals surface area contributed by atoms with Crippen molar-refractivity contribution < 1.29 is 4.74 Å². The Hall–Kier alpha value is -3.34. The van der Waals surface area contributed by atoms with Crippen LogP contribution in [0, 0.1) is 0 Å². The molecule has 4 heterocycles. The lowest BCUT2D eigenvalue weighted by Crippen LogP contribution is -2.54. The highest BCUT2D eigenvalue weighted by molar-refractivity contribution is 5.86. The first-order valence-electron chi connectivity index (χ1n) is 10.6. The van der Waals surface area contributed by atoms with Crippen molar-refractivity contribution in [3.05, 3.63) is 84.3 Å². The predicted octanol–water partition coefficient (Wildman–Crippen LogP) is 4.33. The number of nitrogens with zero attached hydrogens (tertiary/aromatic N) is 4. The molecule has 3 aromatic heterocycles. The fourth-order valence-corrected chi connectivity index (χ4v) is 5.43.